The number of carbonyl (C=O) groups excluding carboxylic acids is 1. The van der Waals surface area contributed by atoms with E-state index in [4.69, 9.17) is 0 Å². The van der Waals surface area contributed by atoms with Gasteiger partial charge >= 0.3 is 12.0 Å². The molecule has 1 fully saturated rings. The summed E-state index contributed by atoms with van der Waals surface area (Å²) in [6.07, 6.45) is 8.21. The number of aliphatic carboxylic acids is 1. The number of rotatable bonds is 6. The number of hydrogen-bond donors (Lipinski definition) is 3. The summed E-state index contributed by atoms with van der Waals surface area (Å²) in [4.78, 5) is 43.7. The van der Waals surface area contributed by atoms with Gasteiger partial charge in [-0.15, -0.1) is 0 Å². The van der Waals surface area contributed by atoms with Gasteiger partial charge in [-0.2, -0.15) is 0 Å². The molecule has 0 bridgehead atoms. The predicted octanol–water partition coefficient (Wildman–Crippen LogP) is 3.99. The van der Waals surface area contributed by atoms with E-state index in [0.29, 0.717) is 43.6 Å². The van der Waals surface area contributed by atoms with Gasteiger partial charge in [-0.05, 0) is 44.4 Å². The lowest BCUT2D eigenvalue weighted by molar-refractivity contribution is -0.149. The van der Waals surface area contributed by atoms with Crippen molar-refractivity contribution in [3.05, 3.63) is 37.1 Å². The van der Waals surface area contributed by atoms with Crippen LogP contribution in [0.2, 0.25) is 0 Å². The molecule has 0 aliphatic carbocycles. The Bertz CT molecular complexity index is 1450. The van der Waals surface area contributed by atoms with E-state index >= 15 is 0 Å². The minimum atomic E-state index is -0.755. The molecule has 0 spiro atoms. The summed E-state index contributed by atoms with van der Waals surface area (Å²) < 4.78 is 2.88. The van der Waals surface area contributed by atoms with Crippen LogP contribution in [0.3, 0.4) is 0 Å². The summed E-state index contributed by atoms with van der Waals surface area (Å²) in [6, 6.07) is 3.73. The Hall–Kier alpha value is -4.06. The zero-order valence-electron chi connectivity index (χ0n) is 20.9. The third kappa shape index (κ3) is 4.84. The van der Waals surface area contributed by atoms with Crippen molar-refractivity contribution in [2.75, 3.05) is 29.9 Å². The lowest BCUT2D eigenvalue weighted by atomic mass is 9.80. The van der Waals surface area contributed by atoms with Gasteiger partial charge < -0.3 is 19.9 Å². The lowest BCUT2D eigenvalue weighted by Crippen LogP contribution is -2.43. The minimum absolute atomic E-state index is 0.297. The van der Waals surface area contributed by atoms with Crippen molar-refractivity contribution in [3.63, 3.8) is 0 Å². The Morgan fingerprint density at radius 1 is 1.14 bits per heavy atom. The summed E-state index contributed by atoms with van der Waals surface area (Å²) in [5, 5.41) is 15.5. The average Bonchev–Trinajstić information content (AvgIpc) is 3.49. The number of nitrogens with zero attached hydrogens (tertiary/aromatic N) is 6. The van der Waals surface area contributed by atoms with Gasteiger partial charge in [-0.25, -0.2) is 24.7 Å². The molecule has 11 nitrogen and oxygen atoms in total. The van der Waals surface area contributed by atoms with Crippen molar-refractivity contribution in [2.45, 2.75) is 26.7 Å². The lowest BCUT2D eigenvalue weighted by Gasteiger charge is -2.36. The van der Waals surface area contributed by atoms with Gasteiger partial charge in [0.05, 0.1) is 33.8 Å². The molecule has 5 rings (SSSR count). The van der Waals surface area contributed by atoms with E-state index in [2.05, 4.69) is 36.6 Å². The number of nitrogens with one attached hydrogen (secondary N) is 2. The van der Waals surface area contributed by atoms with Crippen LogP contribution in [0, 0.1) is 5.41 Å². The fraction of sp³-hybridized carbons (Fsp3) is 0.360. The molecular formula is C25H28N8O3S. The number of imidazole rings is 1. The monoisotopic (exact) mass is 520 g/mol. The number of thiazole rings is 1. The van der Waals surface area contributed by atoms with Crippen LogP contribution >= 0.6 is 11.3 Å². The van der Waals surface area contributed by atoms with Gasteiger partial charge in [0.15, 0.2) is 5.13 Å². The summed E-state index contributed by atoms with van der Waals surface area (Å²) in [5.41, 5.74) is 3.63. The highest BCUT2D eigenvalue weighted by molar-refractivity contribution is 7.22. The summed E-state index contributed by atoms with van der Waals surface area (Å²) in [6.45, 7) is 5.37. The maximum Gasteiger partial charge on any atom is 0.321 e. The second kappa shape index (κ2) is 9.77. The molecule has 1 aliphatic rings. The first-order chi connectivity index (χ1) is 17.8. The van der Waals surface area contributed by atoms with Crippen LogP contribution in [0.25, 0.3) is 32.6 Å². The first-order valence-electron chi connectivity index (χ1n) is 12.0. The van der Waals surface area contributed by atoms with Gasteiger partial charge in [0.2, 0.25) is 5.95 Å². The molecule has 3 aromatic heterocycles. The Labute approximate surface area is 217 Å². The largest absolute Gasteiger partial charge is 0.481 e. The number of aromatic nitrogens is 5. The molecule has 12 heteroatoms. The molecule has 192 valence electrons. The van der Waals surface area contributed by atoms with Crippen LogP contribution in [-0.4, -0.2) is 61.2 Å². The van der Waals surface area contributed by atoms with Gasteiger partial charge in [0.1, 0.15) is 0 Å². The second-order valence-corrected chi connectivity index (χ2v) is 10.4. The topological polar surface area (TPSA) is 138 Å². The first-order valence-corrected chi connectivity index (χ1v) is 12.9. The van der Waals surface area contributed by atoms with E-state index in [1.54, 1.807) is 31.8 Å². The maximum atomic E-state index is 12.1. The number of urea groups is 1. The smallest absolute Gasteiger partial charge is 0.321 e. The van der Waals surface area contributed by atoms with Crippen LogP contribution < -0.4 is 15.5 Å². The number of benzene rings is 1. The van der Waals surface area contributed by atoms with E-state index in [1.165, 1.54) is 11.3 Å². The van der Waals surface area contributed by atoms with Gasteiger partial charge in [-0.3, -0.25) is 10.1 Å². The van der Waals surface area contributed by atoms with Gasteiger partial charge in [0, 0.05) is 50.2 Å². The normalized spacial score (nSPS) is 15.1. The van der Waals surface area contributed by atoms with E-state index in [9.17, 15) is 14.7 Å². The zero-order chi connectivity index (χ0) is 26.2. The molecule has 2 amide bonds. The zero-order valence-corrected chi connectivity index (χ0v) is 21.7. The Morgan fingerprint density at radius 2 is 1.86 bits per heavy atom. The van der Waals surface area contributed by atoms with Gasteiger partial charge in [0.25, 0.3) is 0 Å². The standard InChI is InChI=1S/C25H28N8O3S/c1-4-27-23(36)31-24-30-18-10-15(9-17(20(18)37-24)19-13-26-14-32(19)3)16-11-28-22(29-12-16)33-7-5-25(2,6-8-33)21(34)35/h9-14H,4-8H2,1-3H3,(H,34,35)(H2,27,30,31,36). The van der Waals surface area contributed by atoms with Crippen LogP contribution in [0.15, 0.2) is 37.1 Å². The highest BCUT2D eigenvalue weighted by Gasteiger charge is 2.37. The molecule has 4 aromatic rings. The second-order valence-electron chi connectivity index (χ2n) is 9.39. The van der Waals surface area contributed by atoms with E-state index in [-0.39, 0.29) is 6.03 Å². The number of carbonyl (C=O) groups is 2. The van der Waals surface area contributed by atoms with Crippen molar-refractivity contribution in [1.82, 2.24) is 29.8 Å². The molecular weight excluding hydrogens is 492 g/mol. The molecule has 0 radical (unpaired) electrons. The molecule has 0 saturated carbocycles. The van der Waals surface area contributed by atoms with Crippen LogP contribution in [0.5, 0.6) is 0 Å². The summed E-state index contributed by atoms with van der Waals surface area (Å²) >= 11 is 1.41. The molecule has 1 aliphatic heterocycles. The van der Waals surface area contributed by atoms with Crippen LogP contribution in [0.4, 0.5) is 15.9 Å². The number of fused-ring (bicyclic) bond motifs is 1. The third-order valence-corrected chi connectivity index (χ3v) is 7.80. The number of carboxylic acids is 1. The molecule has 0 unspecified atom stereocenters. The molecule has 3 N–H and O–H groups in total. The Morgan fingerprint density at radius 3 is 2.49 bits per heavy atom. The molecule has 1 aromatic carbocycles. The van der Waals surface area contributed by atoms with E-state index < -0.39 is 11.4 Å². The summed E-state index contributed by atoms with van der Waals surface area (Å²) in [5.74, 6) is -0.166. The van der Waals surface area contributed by atoms with Crippen molar-refractivity contribution in [2.24, 2.45) is 12.5 Å². The SMILES string of the molecule is CCNC(=O)Nc1nc2cc(-c3cnc(N4CCC(C)(C(=O)O)CC4)nc3)cc(-c3cncn3C)c2s1. The fourth-order valence-corrected chi connectivity index (χ4v) is 5.37. The van der Waals surface area contributed by atoms with Crippen LogP contribution in [-0.2, 0) is 11.8 Å². The number of hydrogen-bond acceptors (Lipinski definition) is 8. The van der Waals surface area contributed by atoms with Crippen molar-refractivity contribution >= 4 is 44.6 Å². The highest BCUT2D eigenvalue weighted by atomic mass is 32.1. The number of carboxylic acid groups (broad SMARTS) is 1. The summed E-state index contributed by atoms with van der Waals surface area (Å²) in [7, 11) is 1.93. The molecule has 37 heavy (non-hydrogen) atoms. The highest BCUT2D eigenvalue weighted by Crippen LogP contribution is 2.39. The Kier molecular flexibility index (Phi) is 6.50. The number of anilines is 2. The van der Waals surface area contributed by atoms with Crippen LogP contribution in [0.1, 0.15) is 26.7 Å². The average molecular weight is 521 g/mol. The van der Waals surface area contributed by atoms with Crippen molar-refractivity contribution in [3.8, 4) is 22.4 Å². The van der Waals surface area contributed by atoms with E-state index in [1.807, 2.05) is 29.5 Å². The third-order valence-electron chi connectivity index (χ3n) is 6.78. The minimum Gasteiger partial charge on any atom is -0.481 e. The first kappa shape index (κ1) is 24.6. The van der Waals surface area contributed by atoms with E-state index in [0.717, 1.165) is 32.6 Å². The maximum absolute atomic E-state index is 12.1. The number of piperidine rings is 1. The number of amides is 2. The molecule has 1 saturated heterocycles. The van der Waals surface area contributed by atoms with Crippen molar-refractivity contribution in [1.29, 1.82) is 0 Å². The molecule has 4 heterocycles. The quantitative estimate of drug-likeness (QED) is 0.347. The Balaban J connectivity index is 1.47. The number of aryl methyl sites for hydroxylation is 1. The molecule has 0 atom stereocenters. The van der Waals surface area contributed by atoms with Gasteiger partial charge in [-0.1, -0.05) is 11.3 Å². The predicted molar refractivity (Wildman–Crippen MR) is 143 cm³/mol. The van der Waals surface area contributed by atoms with Crippen molar-refractivity contribution < 1.29 is 14.7 Å². The fourth-order valence-electron chi connectivity index (χ4n) is 4.41.